The molecular weight excluding hydrogens is 280 g/mol. The number of fused-ring (bicyclic) bond motifs is 1. The van der Waals surface area contributed by atoms with Gasteiger partial charge in [0, 0.05) is 26.3 Å². The highest BCUT2D eigenvalue weighted by Gasteiger charge is 2.22. The Morgan fingerprint density at radius 3 is 2.64 bits per heavy atom. The Balaban J connectivity index is 2.15. The Labute approximate surface area is 128 Å². The number of aromatic nitrogens is 3. The summed E-state index contributed by atoms with van der Waals surface area (Å²) in [5, 5.41) is 4.01. The molecule has 2 aromatic heterocycles. The minimum Gasteiger partial charge on any atom is -0.381 e. The molecule has 3 rings (SSSR count). The van der Waals surface area contributed by atoms with E-state index in [1.54, 1.807) is 13.2 Å². The summed E-state index contributed by atoms with van der Waals surface area (Å²) >= 11 is 0. The summed E-state index contributed by atoms with van der Waals surface area (Å²) in [5.41, 5.74) is 0.562. The van der Waals surface area contributed by atoms with E-state index in [1.807, 2.05) is 6.07 Å². The topological polar surface area (TPSA) is 68.9 Å². The summed E-state index contributed by atoms with van der Waals surface area (Å²) in [6.07, 6.45) is 6.44. The van der Waals surface area contributed by atoms with Gasteiger partial charge in [-0.05, 0) is 24.8 Å². The van der Waals surface area contributed by atoms with Gasteiger partial charge in [0.15, 0.2) is 5.65 Å². The quantitative estimate of drug-likeness (QED) is 0.915. The molecule has 0 saturated heterocycles. The van der Waals surface area contributed by atoms with Crippen LogP contribution in [0.15, 0.2) is 21.9 Å². The first kappa shape index (κ1) is 14.8. The molecule has 0 radical (unpaired) electrons. The van der Waals surface area contributed by atoms with Gasteiger partial charge in [-0.3, -0.25) is 13.9 Å². The van der Waals surface area contributed by atoms with Crippen LogP contribution >= 0.6 is 0 Å². The molecule has 22 heavy (non-hydrogen) atoms. The van der Waals surface area contributed by atoms with Gasteiger partial charge >= 0.3 is 5.69 Å². The predicted molar refractivity (Wildman–Crippen MR) is 87.3 cm³/mol. The highest BCUT2D eigenvalue weighted by Crippen LogP contribution is 2.28. The van der Waals surface area contributed by atoms with Crippen molar-refractivity contribution in [2.24, 2.45) is 20.0 Å². The second kappa shape index (κ2) is 5.59. The lowest BCUT2D eigenvalue weighted by Crippen LogP contribution is -2.38. The fraction of sp³-hybridized carbons (Fsp3) is 0.562. The number of anilines is 1. The van der Waals surface area contributed by atoms with Crippen LogP contribution in [-0.2, 0) is 14.1 Å². The van der Waals surface area contributed by atoms with Gasteiger partial charge in [-0.1, -0.05) is 19.8 Å². The van der Waals surface area contributed by atoms with Gasteiger partial charge in [-0.2, -0.15) is 0 Å². The summed E-state index contributed by atoms with van der Waals surface area (Å²) in [4.78, 5) is 28.8. The van der Waals surface area contributed by atoms with E-state index in [2.05, 4.69) is 17.2 Å². The molecular formula is C16H22N4O2. The molecule has 0 bridgehead atoms. The van der Waals surface area contributed by atoms with Crippen LogP contribution in [0.5, 0.6) is 0 Å². The Morgan fingerprint density at radius 1 is 1.18 bits per heavy atom. The predicted octanol–water partition coefficient (Wildman–Crippen LogP) is 1.62. The molecule has 118 valence electrons. The summed E-state index contributed by atoms with van der Waals surface area (Å²) in [7, 11) is 3.15. The fourth-order valence-corrected chi connectivity index (χ4v) is 3.34. The molecule has 6 heteroatoms. The van der Waals surface area contributed by atoms with Crippen LogP contribution in [0.1, 0.15) is 32.6 Å². The van der Waals surface area contributed by atoms with E-state index >= 15 is 0 Å². The maximum Gasteiger partial charge on any atom is 0.332 e. The van der Waals surface area contributed by atoms with E-state index < -0.39 is 0 Å². The van der Waals surface area contributed by atoms with E-state index in [0.29, 0.717) is 23.0 Å². The zero-order valence-corrected chi connectivity index (χ0v) is 13.3. The maximum atomic E-state index is 12.5. The van der Waals surface area contributed by atoms with Crippen molar-refractivity contribution in [3.8, 4) is 0 Å². The maximum absolute atomic E-state index is 12.5. The van der Waals surface area contributed by atoms with Crippen molar-refractivity contribution < 1.29 is 0 Å². The Bertz CT molecular complexity index is 821. The Hall–Kier alpha value is -2.11. The van der Waals surface area contributed by atoms with E-state index in [1.165, 1.54) is 30.9 Å². The number of nitrogens with one attached hydrogen (secondary N) is 1. The van der Waals surface area contributed by atoms with Gasteiger partial charge in [0.05, 0.1) is 5.69 Å². The molecule has 1 aliphatic carbocycles. The first-order valence-electron chi connectivity index (χ1n) is 7.82. The smallest absolute Gasteiger partial charge is 0.332 e. The summed E-state index contributed by atoms with van der Waals surface area (Å²) < 4.78 is 2.56. The van der Waals surface area contributed by atoms with Crippen LogP contribution in [0.4, 0.5) is 5.69 Å². The largest absolute Gasteiger partial charge is 0.381 e. The monoisotopic (exact) mass is 302 g/mol. The molecule has 1 fully saturated rings. The Kier molecular flexibility index (Phi) is 3.76. The molecule has 6 nitrogen and oxygen atoms in total. The minimum absolute atomic E-state index is 0.294. The third-order valence-corrected chi connectivity index (χ3v) is 4.79. The van der Waals surface area contributed by atoms with Crippen molar-refractivity contribution in [2.75, 3.05) is 5.32 Å². The highest BCUT2D eigenvalue weighted by atomic mass is 16.2. The van der Waals surface area contributed by atoms with Crippen LogP contribution in [0.25, 0.3) is 11.0 Å². The summed E-state index contributed by atoms with van der Waals surface area (Å²) in [6.45, 7) is 2.24. The zero-order chi connectivity index (χ0) is 15.9. The van der Waals surface area contributed by atoms with Gasteiger partial charge in [0.2, 0.25) is 0 Å². The first-order valence-corrected chi connectivity index (χ1v) is 7.82. The minimum atomic E-state index is -0.354. The lowest BCUT2D eigenvalue weighted by Gasteiger charge is -2.30. The van der Waals surface area contributed by atoms with Gasteiger partial charge in [-0.15, -0.1) is 0 Å². The first-order chi connectivity index (χ1) is 10.5. The van der Waals surface area contributed by atoms with Gasteiger partial charge in [0.1, 0.15) is 5.39 Å². The molecule has 0 aromatic carbocycles. The SMILES string of the molecule is CC1CCCCC1Nc1ccnc2c1c(=O)n(C)c(=O)n2C. The van der Waals surface area contributed by atoms with E-state index in [0.717, 1.165) is 16.7 Å². The molecule has 2 unspecified atom stereocenters. The van der Waals surface area contributed by atoms with E-state index in [9.17, 15) is 9.59 Å². The molecule has 2 atom stereocenters. The van der Waals surface area contributed by atoms with Gasteiger partial charge in [-0.25, -0.2) is 9.78 Å². The molecule has 0 aliphatic heterocycles. The molecule has 0 amide bonds. The second-order valence-corrected chi connectivity index (χ2v) is 6.28. The fourth-order valence-electron chi connectivity index (χ4n) is 3.34. The average Bonchev–Trinajstić information content (AvgIpc) is 2.53. The van der Waals surface area contributed by atoms with Crippen molar-refractivity contribution >= 4 is 16.7 Å². The highest BCUT2D eigenvalue weighted by molar-refractivity contribution is 5.88. The van der Waals surface area contributed by atoms with E-state index in [-0.39, 0.29) is 11.2 Å². The van der Waals surface area contributed by atoms with Crippen LogP contribution in [0, 0.1) is 5.92 Å². The lowest BCUT2D eigenvalue weighted by atomic mass is 9.86. The normalized spacial score (nSPS) is 22.0. The number of hydrogen-bond acceptors (Lipinski definition) is 4. The van der Waals surface area contributed by atoms with Crippen LogP contribution in [-0.4, -0.2) is 20.2 Å². The standard InChI is InChI=1S/C16H22N4O2/c1-10-6-4-5-7-11(10)18-12-8-9-17-14-13(12)15(21)20(3)16(22)19(14)2/h8-11H,4-7H2,1-3H3,(H,17,18). The average molecular weight is 302 g/mol. The van der Waals surface area contributed by atoms with Gasteiger partial charge in [0.25, 0.3) is 5.56 Å². The third kappa shape index (κ3) is 2.32. The third-order valence-electron chi connectivity index (χ3n) is 4.79. The molecule has 2 aromatic rings. The zero-order valence-electron chi connectivity index (χ0n) is 13.3. The van der Waals surface area contributed by atoms with Crippen molar-refractivity contribution in [3.63, 3.8) is 0 Å². The summed E-state index contributed by atoms with van der Waals surface area (Å²) in [6, 6.07) is 2.19. The molecule has 1 N–H and O–H groups in total. The Morgan fingerprint density at radius 2 is 1.91 bits per heavy atom. The van der Waals surface area contributed by atoms with Crippen molar-refractivity contribution in [2.45, 2.75) is 38.6 Å². The van der Waals surface area contributed by atoms with Crippen LogP contribution in [0.3, 0.4) is 0 Å². The number of nitrogens with zero attached hydrogens (tertiary/aromatic N) is 3. The molecule has 1 saturated carbocycles. The second-order valence-electron chi connectivity index (χ2n) is 6.28. The molecule has 1 aliphatic rings. The molecule has 2 heterocycles. The van der Waals surface area contributed by atoms with E-state index in [4.69, 9.17) is 0 Å². The van der Waals surface area contributed by atoms with Gasteiger partial charge < -0.3 is 5.32 Å². The van der Waals surface area contributed by atoms with Crippen molar-refractivity contribution in [1.82, 2.24) is 14.1 Å². The van der Waals surface area contributed by atoms with Crippen molar-refractivity contribution in [1.29, 1.82) is 0 Å². The van der Waals surface area contributed by atoms with Crippen molar-refractivity contribution in [3.05, 3.63) is 33.1 Å². The molecule has 0 spiro atoms. The van der Waals surface area contributed by atoms with Crippen LogP contribution < -0.4 is 16.6 Å². The summed E-state index contributed by atoms with van der Waals surface area (Å²) in [5.74, 6) is 0.577. The number of aryl methyl sites for hydroxylation is 1. The van der Waals surface area contributed by atoms with Crippen LogP contribution in [0.2, 0.25) is 0 Å². The number of hydrogen-bond donors (Lipinski definition) is 1. The number of rotatable bonds is 2. The number of pyridine rings is 1. The lowest BCUT2D eigenvalue weighted by molar-refractivity contribution is 0.350.